The molecule has 0 aliphatic heterocycles. The molecule has 1 aromatic rings. The zero-order chi connectivity index (χ0) is 10.8. The van der Waals surface area contributed by atoms with Crippen molar-refractivity contribution in [2.24, 2.45) is 12.5 Å². The molecule has 14 heavy (non-hydrogen) atoms. The summed E-state index contributed by atoms with van der Waals surface area (Å²) in [5.41, 5.74) is 6.56. The Bertz CT molecular complexity index is 299. The highest BCUT2D eigenvalue weighted by Crippen LogP contribution is 2.21. The summed E-state index contributed by atoms with van der Waals surface area (Å²) in [6, 6.07) is 0. The predicted octanol–water partition coefficient (Wildman–Crippen LogP) is 1.82. The van der Waals surface area contributed by atoms with E-state index in [1.165, 1.54) is 0 Å². The molecular formula is C10H19N3O. The number of aromatic nitrogens is 2. The third kappa shape index (κ3) is 3.28. The number of aryl methyl sites for hydroxylation is 1. The molecule has 0 spiro atoms. The van der Waals surface area contributed by atoms with Gasteiger partial charge in [0.15, 0.2) is 0 Å². The van der Waals surface area contributed by atoms with E-state index in [1.807, 2.05) is 7.05 Å². The van der Waals surface area contributed by atoms with Crippen molar-refractivity contribution in [1.29, 1.82) is 0 Å². The number of anilines is 1. The minimum absolute atomic E-state index is 0.281. The van der Waals surface area contributed by atoms with Crippen LogP contribution in [0.2, 0.25) is 0 Å². The number of nitrogens with two attached hydrogens (primary N) is 1. The summed E-state index contributed by atoms with van der Waals surface area (Å²) in [5, 5.41) is 4.10. The molecule has 0 unspecified atom stereocenters. The second-order valence-corrected chi connectivity index (χ2v) is 4.72. The Balaban J connectivity index is 2.42. The van der Waals surface area contributed by atoms with Crippen molar-refractivity contribution in [1.82, 2.24) is 9.78 Å². The molecule has 0 atom stereocenters. The number of hydrogen-bond donors (Lipinski definition) is 1. The Morgan fingerprint density at radius 3 is 2.57 bits per heavy atom. The maximum atomic E-state index is 5.68. The van der Waals surface area contributed by atoms with Crippen molar-refractivity contribution in [3.05, 3.63) is 6.20 Å². The fourth-order valence-electron chi connectivity index (χ4n) is 1.05. The lowest BCUT2D eigenvalue weighted by Gasteiger charge is -2.17. The second-order valence-electron chi connectivity index (χ2n) is 4.72. The van der Waals surface area contributed by atoms with Gasteiger partial charge in [-0.15, -0.1) is 5.10 Å². The Morgan fingerprint density at radius 1 is 1.50 bits per heavy atom. The monoisotopic (exact) mass is 197 g/mol. The van der Waals surface area contributed by atoms with Crippen molar-refractivity contribution < 1.29 is 4.74 Å². The van der Waals surface area contributed by atoms with E-state index < -0.39 is 0 Å². The van der Waals surface area contributed by atoms with E-state index in [0.717, 1.165) is 6.42 Å². The Labute approximate surface area is 85.0 Å². The summed E-state index contributed by atoms with van der Waals surface area (Å²) in [5.74, 6) is 0.539. The fraction of sp³-hybridized carbons (Fsp3) is 0.700. The van der Waals surface area contributed by atoms with Crippen LogP contribution in [-0.4, -0.2) is 16.4 Å². The molecule has 0 bridgehead atoms. The number of nitrogen functional groups attached to an aromatic ring is 1. The molecule has 4 nitrogen and oxygen atoms in total. The van der Waals surface area contributed by atoms with Crippen LogP contribution in [0.3, 0.4) is 0 Å². The van der Waals surface area contributed by atoms with Gasteiger partial charge >= 0.3 is 0 Å². The van der Waals surface area contributed by atoms with Crippen LogP contribution in [0.25, 0.3) is 0 Å². The third-order valence-electron chi connectivity index (χ3n) is 1.91. The average molecular weight is 197 g/mol. The topological polar surface area (TPSA) is 53.1 Å². The lowest BCUT2D eigenvalue weighted by molar-refractivity contribution is 0.236. The molecule has 0 aliphatic carbocycles. The lowest BCUT2D eigenvalue weighted by atomic mass is 9.93. The van der Waals surface area contributed by atoms with Gasteiger partial charge in [-0.05, 0) is 11.8 Å². The van der Waals surface area contributed by atoms with Crippen molar-refractivity contribution >= 4 is 5.69 Å². The lowest BCUT2D eigenvalue weighted by Crippen LogP contribution is -2.11. The van der Waals surface area contributed by atoms with Crippen LogP contribution < -0.4 is 10.5 Å². The molecule has 0 radical (unpaired) electrons. The van der Waals surface area contributed by atoms with Gasteiger partial charge < -0.3 is 10.5 Å². The molecule has 0 fully saturated rings. The normalized spacial score (nSPS) is 11.7. The van der Waals surface area contributed by atoms with E-state index in [2.05, 4.69) is 25.9 Å². The van der Waals surface area contributed by atoms with E-state index in [9.17, 15) is 0 Å². The number of ether oxygens (including phenoxy) is 1. The van der Waals surface area contributed by atoms with Crippen LogP contribution in [0.15, 0.2) is 6.20 Å². The van der Waals surface area contributed by atoms with E-state index in [0.29, 0.717) is 18.2 Å². The first kappa shape index (κ1) is 10.9. The fourth-order valence-corrected chi connectivity index (χ4v) is 1.05. The van der Waals surface area contributed by atoms with Crippen LogP contribution in [0.4, 0.5) is 5.69 Å². The van der Waals surface area contributed by atoms with Gasteiger partial charge in [-0.25, -0.2) is 0 Å². The Hall–Kier alpha value is -1.19. The molecule has 0 aromatic carbocycles. The highest BCUT2D eigenvalue weighted by molar-refractivity contribution is 5.45. The summed E-state index contributed by atoms with van der Waals surface area (Å²) >= 11 is 0. The summed E-state index contributed by atoms with van der Waals surface area (Å²) in [7, 11) is 1.83. The third-order valence-corrected chi connectivity index (χ3v) is 1.91. The Kier molecular flexibility index (Phi) is 3.03. The maximum Gasteiger partial charge on any atom is 0.256 e. The molecular weight excluding hydrogens is 178 g/mol. The highest BCUT2D eigenvalue weighted by Gasteiger charge is 2.11. The van der Waals surface area contributed by atoms with E-state index in [4.69, 9.17) is 10.5 Å². The SMILES string of the molecule is Cn1cc(N)c(OCCC(C)(C)C)n1. The molecule has 0 amide bonds. The van der Waals surface area contributed by atoms with Gasteiger partial charge in [0.05, 0.1) is 12.8 Å². The molecule has 4 heteroatoms. The van der Waals surface area contributed by atoms with Crippen molar-refractivity contribution in [2.45, 2.75) is 27.2 Å². The molecule has 80 valence electrons. The number of nitrogens with zero attached hydrogens (tertiary/aromatic N) is 2. The van der Waals surface area contributed by atoms with Crippen LogP contribution >= 0.6 is 0 Å². The van der Waals surface area contributed by atoms with E-state index in [-0.39, 0.29) is 5.41 Å². The molecule has 1 rings (SSSR count). The smallest absolute Gasteiger partial charge is 0.256 e. The second kappa shape index (κ2) is 3.90. The van der Waals surface area contributed by atoms with Gasteiger partial charge in [0.2, 0.25) is 0 Å². The van der Waals surface area contributed by atoms with E-state index in [1.54, 1.807) is 10.9 Å². The minimum Gasteiger partial charge on any atom is -0.475 e. The summed E-state index contributed by atoms with van der Waals surface area (Å²) in [6.45, 7) is 7.19. The van der Waals surface area contributed by atoms with E-state index >= 15 is 0 Å². The van der Waals surface area contributed by atoms with Gasteiger partial charge in [-0.2, -0.15) is 0 Å². The van der Waals surface area contributed by atoms with Gasteiger partial charge in [0.25, 0.3) is 5.88 Å². The standard InChI is InChI=1S/C10H19N3O/c1-10(2,3)5-6-14-9-8(11)7-13(4)12-9/h7H,5-6,11H2,1-4H3. The molecule has 1 aromatic heterocycles. The van der Waals surface area contributed by atoms with Crippen LogP contribution in [0.5, 0.6) is 5.88 Å². The quantitative estimate of drug-likeness (QED) is 0.804. The van der Waals surface area contributed by atoms with Crippen LogP contribution in [0, 0.1) is 5.41 Å². The largest absolute Gasteiger partial charge is 0.475 e. The first-order valence-electron chi connectivity index (χ1n) is 4.80. The summed E-state index contributed by atoms with van der Waals surface area (Å²) in [4.78, 5) is 0. The molecule has 0 aliphatic rings. The molecule has 0 saturated carbocycles. The van der Waals surface area contributed by atoms with Gasteiger partial charge in [-0.3, -0.25) is 4.68 Å². The zero-order valence-corrected chi connectivity index (χ0v) is 9.37. The number of hydrogen-bond acceptors (Lipinski definition) is 3. The van der Waals surface area contributed by atoms with Gasteiger partial charge in [0, 0.05) is 7.05 Å². The van der Waals surface area contributed by atoms with Crippen molar-refractivity contribution in [3.8, 4) is 5.88 Å². The van der Waals surface area contributed by atoms with Crippen LogP contribution in [-0.2, 0) is 7.05 Å². The zero-order valence-electron chi connectivity index (χ0n) is 9.37. The van der Waals surface area contributed by atoms with Crippen molar-refractivity contribution in [3.63, 3.8) is 0 Å². The summed E-state index contributed by atoms with van der Waals surface area (Å²) in [6.07, 6.45) is 2.73. The summed E-state index contributed by atoms with van der Waals surface area (Å²) < 4.78 is 7.13. The first-order chi connectivity index (χ1) is 6.38. The van der Waals surface area contributed by atoms with Crippen LogP contribution in [0.1, 0.15) is 27.2 Å². The maximum absolute atomic E-state index is 5.68. The average Bonchev–Trinajstić information content (AvgIpc) is 2.27. The first-order valence-corrected chi connectivity index (χ1v) is 4.80. The van der Waals surface area contributed by atoms with Gasteiger partial charge in [0.1, 0.15) is 5.69 Å². The molecule has 0 saturated heterocycles. The minimum atomic E-state index is 0.281. The highest BCUT2D eigenvalue weighted by atomic mass is 16.5. The Morgan fingerprint density at radius 2 is 2.14 bits per heavy atom. The molecule has 2 N–H and O–H groups in total. The molecule has 1 heterocycles. The van der Waals surface area contributed by atoms with Gasteiger partial charge in [-0.1, -0.05) is 20.8 Å². The number of rotatable bonds is 3. The predicted molar refractivity (Wildman–Crippen MR) is 57.2 cm³/mol. The van der Waals surface area contributed by atoms with Crippen molar-refractivity contribution in [2.75, 3.05) is 12.3 Å².